The topological polar surface area (TPSA) is 73.1 Å². The molecule has 0 saturated carbocycles. The van der Waals surface area contributed by atoms with Crippen molar-refractivity contribution in [3.63, 3.8) is 0 Å². The Hall–Kier alpha value is -2.30. The predicted molar refractivity (Wildman–Crippen MR) is 85.9 cm³/mol. The van der Waals surface area contributed by atoms with E-state index in [1.54, 1.807) is 0 Å². The first-order chi connectivity index (χ1) is 10.1. The number of hydrogen-bond acceptors (Lipinski definition) is 5. The molecule has 0 aliphatic rings. The van der Waals surface area contributed by atoms with E-state index in [0.717, 1.165) is 35.7 Å². The van der Waals surface area contributed by atoms with E-state index in [1.807, 2.05) is 38.1 Å². The first kappa shape index (κ1) is 15.1. The summed E-state index contributed by atoms with van der Waals surface area (Å²) < 4.78 is 5.63. The first-order valence-corrected chi connectivity index (χ1v) is 7.23. The Balaban J connectivity index is 2.16. The zero-order valence-electron chi connectivity index (χ0n) is 12.8. The van der Waals surface area contributed by atoms with Crippen molar-refractivity contribution in [3.8, 4) is 5.75 Å². The molecule has 3 N–H and O–H groups in total. The van der Waals surface area contributed by atoms with Crippen LogP contribution in [0.5, 0.6) is 5.75 Å². The Morgan fingerprint density at radius 3 is 2.52 bits per heavy atom. The maximum Gasteiger partial charge on any atom is 0.139 e. The number of benzene rings is 1. The minimum absolute atomic E-state index is 0.168. The van der Waals surface area contributed by atoms with Gasteiger partial charge < -0.3 is 15.8 Å². The van der Waals surface area contributed by atoms with E-state index in [-0.39, 0.29) is 6.10 Å². The lowest BCUT2D eigenvalue weighted by molar-refractivity contribution is 0.242. The standard InChI is InChI=1S/C16H22N4O/c1-4-5-14-15(17)18-10-19-16(14)20-12-6-8-13(9-7-12)21-11(2)3/h6-11H,4-5H2,1-3H3,(H3,17,18,19,20). The van der Waals surface area contributed by atoms with Gasteiger partial charge in [-0.2, -0.15) is 0 Å². The van der Waals surface area contributed by atoms with E-state index in [0.29, 0.717) is 5.82 Å². The number of anilines is 3. The van der Waals surface area contributed by atoms with Gasteiger partial charge in [0.15, 0.2) is 0 Å². The number of ether oxygens (including phenoxy) is 1. The SMILES string of the molecule is CCCc1c(N)ncnc1Nc1ccc(OC(C)C)cc1. The van der Waals surface area contributed by atoms with Crippen molar-refractivity contribution in [1.29, 1.82) is 0 Å². The molecule has 0 aliphatic carbocycles. The van der Waals surface area contributed by atoms with Crippen molar-refractivity contribution in [1.82, 2.24) is 9.97 Å². The molecular weight excluding hydrogens is 264 g/mol. The molecule has 112 valence electrons. The third-order valence-corrected chi connectivity index (χ3v) is 2.97. The van der Waals surface area contributed by atoms with E-state index in [4.69, 9.17) is 10.5 Å². The van der Waals surface area contributed by atoms with Crippen LogP contribution in [-0.2, 0) is 6.42 Å². The second-order valence-electron chi connectivity index (χ2n) is 5.15. The minimum atomic E-state index is 0.168. The molecule has 1 aromatic heterocycles. The van der Waals surface area contributed by atoms with Crippen LogP contribution in [-0.4, -0.2) is 16.1 Å². The molecule has 0 radical (unpaired) electrons. The number of rotatable bonds is 6. The lowest BCUT2D eigenvalue weighted by atomic mass is 10.1. The van der Waals surface area contributed by atoms with E-state index >= 15 is 0 Å². The third-order valence-electron chi connectivity index (χ3n) is 2.97. The van der Waals surface area contributed by atoms with Crippen molar-refractivity contribution in [2.24, 2.45) is 0 Å². The number of hydrogen-bond donors (Lipinski definition) is 2. The highest BCUT2D eigenvalue weighted by Gasteiger charge is 2.08. The van der Waals surface area contributed by atoms with Gasteiger partial charge in [0.1, 0.15) is 23.7 Å². The van der Waals surface area contributed by atoms with E-state index in [2.05, 4.69) is 22.2 Å². The fourth-order valence-electron chi connectivity index (χ4n) is 2.06. The highest BCUT2D eigenvalue weighted by molar-refractivity contribution is 5.64. The van der Waals surface area contributed by atoms with Gasteiger partial charge in [-0.3, -0.25) is 0 Å². The lowest BCUT2D eigenvalue weighted by Gasteiger charge is -2.13. The Kier molecular flexibility index (Phi) is 4.98. The minimum Gasteiger partial charge on any atom is -0.491 e. The van der Waals surface area contributed by atoms with Crippen molar-refractivity contribution in [2.75, 3.05) is 11.1 Å². The molecular formula is C16H22N4O. The van der Waals surface area contributed by atoms with Crippen molar-refractivity contribution < 1.29 is 4.74 Å². The zero-order chi connectivity index (χ0) is 15.2. The number of nitrogens with two attached hydrogens (primary N) is 1. The van der Waals surface area contributed by atoms with Crippen LogP contribution in [0.4, 0.5) is 17.3 Å². The summed E-state index contributed by atoms with van der Waals surface area (Å²) in [5.74, 6) is 2.16. The van der Waals surface area contributed by atoms with E-state index < -0.39 is 0 Å². The molecule has 21 heavy (non-hydrogen) atoms. The number of nitrogens with one attached hydrogen (secondary N) is 1. The fraction of sp³-hybridized carbons (Fsp3) is 0.375. The maximum atomic E-state index is 5.93. The second-order valence-corrected chi connectivity index (χ2v) is 5.15. The molecule has 2 aromatic rings. The van der Waals surface area contributed by atoms with Gasteiger partial charge in [0.25, 0.3) is 0 Å². The predicted octanol–water partition coefficient (Wildman–Crippen LogP) is 3.54. The summed E-state index contributed by atoms with van der Waals surface area (Å²) in [6, 6.07) is 7.80. The summed E-state index contributed by atoms with van der Waals surface area (Å²) in [5, 5.41) is 3.29. The van der Waals surface area contributed by atoms with Crippen LogP contribution in [0.3, 0.4) is 0 Å². The Morgan fingerprint density at radius 2 is 1.90 bits per heavy atom. The molecule has 0 bridgehead atoms. The quantitative estimate of drug-likeness (QED) is 0.849. The summed E-state index contributed by atoms with van der Waals surface area (Å²) in [4.78, 5) is 8.34. The molecule has 0 atom stereocenters. The number of aromatic nitrogens is 2. The highest BCUT2D eigenvalue weighted by atomic mass is 16.5. The summed E-state index contributed by atoms with van der Waals surface area (Å²) in [6.45, 7) is 6.12. The molecule has 2 rings (SSSR count). The monoisotopic (exact) mass is 286 g/mol. The van der Waals surface area contributed by atoms with Crippen molar-refractivity contribution in [3.05, 3.63) is 36.2 Å². The average molecular weight is 286 g/mol. The van der Waals surface area contributed by atoms with Gasteiger partial charge in [-0.25, -0.2) is 9.97 Å². The molecule has 0 aliphatic heterocycles. The van der Waals surface area contributed by atoms with Crippen molar-refractivity contribution >= 4 is 17.3 Å². The molecule has 5 nitrogen and oxygen atoms in total. The van der Waals surface area contributed by atoms with Crippen LogP contribution in [0.25, 0.3) is 0 Å². The van der Waals surface area contributed by atoms with Gasteiger partial charge in [0, 0.05) is 11.3 Å². The molecule has 0 spiro atoms. The highest BCUT2D eigenvalue weighted by Crippen LogP contribution is 2.24. The summed E-state index contributed by atoms with van der Waals surface area (Å²) in [5.41, 5.74) is 7.84. The summed E-state index contributed by atoms with van der Waals surface area (Å²) in [7, 11) is 0. The van der Waals surface area contributed by atoms with Crippen LogP contribution in [0, 0.1) is 0 Å². The van der Waals surface area contributed by atoms with Crippen LogP contribution in [0.15, 0.2) is 30.6 Å². The van der Waals surface area contributed by atoms with E-state index in [1.165, 1.54) is 6.33 Å². The fourth-order valence-corrected chi connectivity index (χ4v) is 2.06. The van der Waals surface area contributed by atoms with Gasteiger partial charge in [-0.15, -0.1) is 0 Å². The third kappa shape index (κ3) is 4.08. The molecule has 0 unspecified atom stereocenters. The normalized spacial score (nSPS) is 10.7. The van der Waals surface area contributed by atoms with Gasteiger partial charge in [-0.1, -0.05) is 13.3 Å². The van der Waals surface area contributed by atoms with Crippen LogP contribution in [0.1, 0.15) is 32.8 Å². The molecule has 1 aromatic carbocycles. The van der Waals surface area contributed by atoms with Gasteiger partial charge in [0.05, 0.1) is 6.10 Å². The molecule has 0 fully saturated rings. The second kappa shape index (κ2) is 6.92. The number of nitrogens with zero attached hydrogens (tertiary/aromatic N) is 2. The maximum absolute atomic E-state index is 5.93. The Labute approximate surface area is 125 Å². The van der Waals surface area contributed by atoms with Crippen LogP contribution < -0.4 is 15.8 Å². The first-order valence-electron chi connectivity index (χ1n) is 7.23. The van der Waals surface area contributed by atoms with Crippen molar-refractivity contribution in [2.45, 2.75) is 39.7 Å². The van der Waals surface area contributed by atoms with Crippen LogP contribution in [0.2, 0.25) is 0 Å². The van der Waals surface area contributed by atoms with Crippen LogP contribution >= 0.6 is 0 Å². The summed E-state index contributed by atoms with van der Waals surface area (Å²) in [6.07, 6.45) is 3.49. The summed E-state index contributed by atoms with van der Waals surface area (Å²) >= 11 is 0. The largest absolute Gasteiger partial charge is 0.491 e. The molecule has 0 saturated heterocycles. The molecule has 1 heterocycles. The Bertz CT molecular complexity index is 581. The molecule has 0 amide bonds. The van der Waals surface area contributed by atoms with Gasteiger partial charge >= 0.3 is 0 Å². The average Bonchev–Trinajstić information content (AvgIpc) is 2.44. The molecule has 5 heteroatoms. The lowest BCUT2D eigenvalue weighted by Crippen LogP contribution is -2.06. The Morgan fingerprint density at radius 1 is 1.19 bits per heavy atom. The van der Waals surface area contributed by atoms with Gasteiger partial charge in [-0.05, 0) is 44.5 Å². The van der Waals surface area contributed by atoms with E-state index in [9.17, 15) is 0 Å². The smallest absolute Gasteiger partial charge is 0.139 e. The number of nitrogen functional groups attached to an aromatic ring is 1. The van der Waals surface area contributed by atoms with Gasteiger partial charge in [0.2, 0.25) is 0 Å². The zero-order valence-corrected chi connectivity index (χ0v) is 12.8.